The maximum atomic E-state index is 11.6. The third-order valence-corrected chi connectivity index (χ3v) is 4.30. The van der Waals surface area contributed by atoms with Crippen molar-refractivity contribution in [2.24, 2.45) is 0 Å². The van der Waals surface area contributed by atoms with Crippen molar-refractivity contribution in [2.75, 3.05) is 6.61 Å². The fourth-order valence-corrected chi connectivity index (χ4v) is 3.16. The standard InChI is InChI=1S/C18H25NO6/c1-10-6-5-7-12(8-10)23-17-14(19-11(2)20)15(21)16-13(24-17)9-22-18(3,4)25-16/h5-8,13-17,21H,9H2,1-4H3,(H,19,20)/t13-,14-,15-,16-,17+/m0/s1. The lowest BCUT2D eigenvalue weighted by Gasteiger charge is -2.49. The van der Waals surface area contributed by atoms with Gasteiger partial charge >= 0.3 is 0 Å². The average Bonchev–Trinajstić information content (AvgIpc) is 2.51. The van der Waals surface area contributed by atoms with Gasteiger partial charge in [-0.05, 0) is 38.5 Å². The monoisotopic (exact) mass is 351 g/mol. The molecule has 0 spiro atoms. The van der Waals surface area contributed by atoms with Gasteiger partial charge in [0.25, 0.3) is 0 Å². The molecule has 5 atom stereocenters. The summed E-state index contributed by atoms with van der Waals surface area (Å²) in [6, 6.07) is 6.74. The zero-order valence-electron chi connectivity index (χ0n) is 14.9. The molecule has 2 fully saturated rings. The zero-order chi connectivity index (χ0) is 18.2. The van der Waals surface area contributed by atoms with Gasteiger partial charge in [0.1, 0.15) is 30.1 Å². The average molecular weight is 351 g/mol. The third-order valence-electron chi connectivity index (χ3n) is 4.30. The second-order valence-electron chi connectivity index (χ2n) is 6.99. The number of amides is 1. The minimum atomic E-state index is -0.986. The molecule has 0 radical (unpaired) electrons. The molecule has 2 heterocycles. The summed E-state index contributed by atoms with van der Waals surface area (Å²) in [6.45, 7) is 7.17. The van der Waals surface area contributed by atoms with Gasteiger partial charge in [0.2, 0.25) is 12.2 Å². The molecule has 138 valence electrons. The maximum Gasteiger partial charge on any atom is 0.223 e. The number of aliphatic hydroxyl groups excluding tert-OH is 1. The van der Waals surface area contributed by atoms with E-state index in [9.17, 15) is 9.90 Å². The van der Waals surface area contributed by atoms with E-state index in [1.54, 1.807) is 19.9 Å². The van der Waals surface area contributed by atoms with Crippen LogP contribution in [0.25, 0.3) is 0 Å². The number of ether oxygens (including phenoxy) is 4. The first-order chi connectivity index (χ1) is 11.7. The number of aryl methyl sites for hydroxylation is 1. The van der Waals surface area contributed by atoms with Gasteiger partial charge < -0.3 is 29.4 Å². The molecule has 2 aliphatic heterocycles. The van der Waals surface area contributed by atoms with Gasteiger partial charge in [0, 0.05) is 6.92 Å². The number of aliphatic hydroxyl groups is 1. The summed E-state index contributed by atoms with van der Waals surface area (Å²) in [5.74, 6) is -0.504. The number of fused-ring (bicyclic) bond motifs is 1. The molecule has 2 aliphatic rings. The first-order valence-corrected chi connectivity index (χ1v) is 8.41. The zero-order valence-corrected chi connectivity index (χ0v) is 14.9. The first-order valence-electron chi connectivity index (χ1n) is 8.41. The molecule has 1 amide bonds. The van der Waals surface area contributed by atoms with Crippen LogP contribution >= 0.6 is 0 Å². The third kappa shape index (κ3) is 4.12. The predicted octanol–water partition coefficient (Wildman–Crippen LogP) is 1.12. The highest BCUT2D eigenvalue weighted by atomic mass is 16.8. The van der Waals surface area contributed by atoms with E-state index >= 15 is 0 Å². The number of nitrogens with one attached hydrogen (secondary N) is 1. The van der Waals surface area contributed by atoms with Crippen LogP contribution in [0.5, 0.6) is 5.75 Å². The van der Waals surface area contributed by atoms with E-state index in [1.165, 1.54) is 6.92 Å². The van der Waals surface area contributed by atoms with Gasteiger partial charge in [0.05, 0.1) is 6.61 Å². The summed E-state index contributed by atoms with van der Waals surface area (Å²) in [6.07, 6.45) is -2.93. The molecule has 0 saturated carbocycles. The van der Waals surface area contributed by atoms with E-state index in [4.69, 9.17) is 18.9 Å². The van der Waals surface area contributed by atoms with Crippen molar-refractivity contribution in [3.8, 4) is 5.75 Å². The topological polar surface area (TPSA) is 86.3 Å². The Bertz CT molecular complexity index is 634. The predicted molar refractivity (Wildman–Crippen MR) is 89.0 cm³/mol. The van der Waals surface area contributed by atoms with E-state index < -0.39 is 36.4 Å². The van der Waals surface area contributed by atoms with Crippen molar-refractivity contribution in [2.45, 2.75) is 64.1 Å². The molecule has 2 N–H and O–H groups in total. The molecule has 1 aromatic carbocycles. The molecule has 0 aromatic heterocycles. The molecule has 7 heteroatoms. The Morgan fingerprint density at radius 2 is 2.16 bits per heavy atom. The molecule has 7 nitrogen and oxygen atoms in total. The van der Waals surface area contributed by atoms with Crippen molar-refractivity contribution < 1.29 is 28.8 Å². The van der Waals surface area contributed by atoms with Crippen LogP contribution in [0.3, 0.4) is 0 Å². The van der Waals surface area contributed by atoms with Crippen molar-refractivity contribution in [3.05, 3.63) is 29.8 Å². The lowest BCUT2D eigenvalue weighted by Crippen LogP contribution is -2.69. The van der Waals surface area contributed by atoms with Gasteiger partial charge in [-0.3, -0.25) is 4.79 Å². The van der Waals surface area contributed by atoms with Gasteiger partial charge in [0.15, 0.2) is 5.79 Å². The van der Waals surface area contributed by atoms with Crippen LogP contribution in [0.15, 0.2) is 24.3 Å². The first kappa shape index (κ1) is 18.1. The van der Waals surface area contributed by atoms with E-state index in [2.05, 4.69) is 5.32 Å². The molecular formula is C18H25NO6. The van der Waals surface area contributed by atoms with Crippen molar-refractivity contribution in [1.82, 2.24) is 5.32 Å². The number of rotatable bonds is 3. The fraction of sp³-hybridized carbons (Fsp3) is 0.611. The van der Waals surface area contributed by atoms with E-state index in [1.807, 2.05) is 25.1 Å². The fourth-order valence-electron chi connectivity index (χ4n) is 3.16. The lowest BCUT2D eigenvalue weighted by atomic mass is 9.95. The van der Waals surface area contributed by atoms with Crippen LogP contribution in [0.4, 0.5) is 0 Å². The van der Waals surface area contributed by atoms with Crippen LogP contribution < -0.4 is 10.1 Å². The van der Waals surface area contributed by atoms with Crippen LogP contribution in [0, 0.1) is 6.92 Å². The number of carbonyl (C=O) groups is 1. The summed E-state index contributed by atoms with van der Waals surface area (Å²) >= 11 is 0. The highest BCUT2D eigenvalue weighted by Gasteiger charge is 2.52. The highest BCUT2D eigenvalue weighted by molar-refractivity contribution is 5.73. The largest absolute Gasteiger partial charge is 0.463 e. The Hall–Kier alpha value is -1.67. The van der Waals surface area contributed by atoms with Crippen molar-refractivity contribution in [1.29, 1.82) is 0 Å². The summed E-state index contributed by atoms with van der Waals surface area (Å²) in [5.41, 5.74) is 1.04. The number of hydrogen-bond acceptors (Lipinski definition) is 6. The van der Waals surface area contributed by atoms with Gasteiger partial charge in [-0.25, -0.2) is 0 Å². The van der Waals surface area contributed by atoms with E-state index in [0.717, 1.165) is 5.56 Å². The second-order valence-corrected chi connectivity index (χ2v) is 6.99. The number of hydrogen-bond donors (Lipinski definition) is 2. The van der Waals surface area contributed by atoms with E-state index in [0.29, 0.717) is 5.75 Å². The molecule has 25 heavy (non-hydrogen) atoms. The van der Waals surface area contributed by atoms with Crippen LogP contribution in [-0.4, -0.2) is 54.1 Å². The Labute approximate surface area is 147 Å². The molecule has 0 aliphatic carbocycles. The SMILES string of the molecule is CC(=O)N[C@@H]1[C@H](Oc2cccc(C)c2)O[C@H]2COC(C)(C)O[C@@H]2[C@H]1O. The van der Waals surface area contributed by atoms with Crippen molar-refractivity contribution >= 4 is 5.91 Å². The second kappa shape index (κ2) is 6.92. The Kier molecular flexibility index (Phi) is 5.02. The van der Waals surface area contributed by atoms with Crippen molar-refractivity contribution in [3.63, 3.8) is 0 Å². The van der Waals surface area contributed by atoms with Gasteiger partial charge in [-0.15, -0.1) is 0 Å². The summed E-state index contributed by atoms with van der Waals surface area (Å²) in [4.78, 5) is 11.6. The maximum absolute atomic E-state index is 11.6. The molecule has 2 saturated heterocycles. The number of carbonyl (C=O) groups excluding carboxylic acids is 1. The van der Waals surface area contributed by atoms with Crippen LogP contribution in [0.1, 0.15) is 26.3 Å². The normalized spacial score (nSPS) is 34.0. The van der Waals surface area contributed by atoms with Crippen LogP contribution in [-0.2, 0) is 19.0 Å². The van der Waals surface area contributed by atoms with E-state index in [-0.39, 0.29) is 12.5 Å². The van der Waals surface area contributed by atoms with Gasteiger partial charge in [-0.1, -0.05) is 12.1 Å². The Morgan fingerprint density at radius 1 is 1.40 bits per heavy atom. The minimum Gasteiger partial charge on any atom is -0.463 e. The molecular weight excluding hydrogens is 326 g/mol. The summed E-state index contributed by atoms with van der Waals surface area (Å²) < 4.78 is 23.3. The Balaban J connectivity index is 1.82. The summed E-state index contributed by atoms with van der Waals surface area (Å²) in [5, 5.41) is 13.5. The molecule has 1 aromatic rings. The minimum absolute atomic E-state index is 0.273. The smallest absolute Gasteiger partial charge is 0.223 e. The molecule has 0 unspecified atom stereocenters. The summed E-state index contributed by atoms with van der Waals surface area (Å²) in [7, 11) is 0. The molecule has 3 rings (SSSR count). The number of benzene rings is 1. The highest BCUT2D eigenvalue weighted by Crippen LogP contribution is 2.33. The molecule has 0 bridgehead atoms. The Morgan fingerprint density at radius 3 is 2.84 bits per heavy atom. The van der Waals surface area contributed by atoms with Crippen LogP contribution in [0.2, 0.25) is 0 Å². The van der Waals surface area contributed by atoms with Gasteiger partial charge in [-0.2, -0.15) is 0 Å². The lowest BCUT2D eigenvalue weighted by molar-refractivity contribution is -0.361. The quantitative estimate of drug-likeness (QED) is 0.849.